The van der Waals surface area contributed by atoms with Gasteiger partial charge in [0.2, 0.25) is 5.82 Å². The predicted octanol–water partition coefficient (Wildman–Crippen LogP) is 0.290. The first-order valence-corrected chi connectivity index (χ1v) is 5.43. The Morgan fingerprint density at radius 3 is 2.88 bits per heavy atom. The number of hydrogen-bond donors (Lipinski definition) is 1. The molecule has 2 rings (SSSR count). The molecule has 0 atom stereocenters. The van der Waals surface area contributed by atoms with Crippen molar-refractivity contribution < 1.29 is 4.74 Å². The molecule has 6 nitrogen and oxygen atoms in total. The van der Waals surface area contributed by atoms with Crippen LogP contribution >= 0.6 is 0 Å². The van der Waals surface area contributed by atoms with Gasteiger partial charge >= 0.3 is 0 Å². The van der Waals surface area contributed by atoms with Gasteiger partial charge in [-0.15, -0.1) is 10.2 Å². The Kier molecular flexibility index (Phi) is 3.66. The van der Waals surface area contributed by atoms with E-state index in [1.165, 1.54) is 4.80 Å². The first-order valence-electron chi connectivity index (χ1n) is 5.43. The van der Waals surface area contributed by atoms with Gasteiger partial charge in [-0.25, -0.2) is 0 Å². The zero-order valence-electron chi connectivity index (χ0n) is 9.71. The number of rotatable bonds is 5. The lowest BCUT2D eigenvalue weighted by molar-refractivity contribution is 0.292. The van der Waals surface area contributed by atoms with Crippen LogP contribution in [-0.4, -0.2) is 26.8 Å². The third-order valence-electron chi connectivity index (χ3n) is 2.29. The second-order valence-electron chi connectivity index (χ2n) is 3.63. The highest BCUT2D eigenvalue weighted by molar-refractivity contribution is 5.33. The van der Waals surface area contributed by atoms with Gasteiger partial charge in [-0.1, -0.05) is 18.2 Å². The van der Waals surface area contributed by atoms with Crippen molar-refractivity contribution in [2.75, 3.05) is 6.54 Å². The number of nitrogens with zero attached hydrogens (tertiary/aromatic N) is 4. The van der Waals surface area contributed by atoms with E-state index in [4.69, 9.17) is 10.5 Å². The quantitative estimate of drug-likeness (QED) is 0.803. The summed E-state index contributed by atoms with van der Waals surface area (Å²) in [5.41, 5.74) is 6.64. The van der Waals surface area contributed by atoms with Crippen molar-refractivity contribution in [2.24, 2.45) is 12.8 Å². The summed E-state index contributed by atoms with van der Waals surface area (Å²) in [7, 11) is 1.72. The third kappa shape index (κ3) is 3.01. The van der Waals surface area contributed by atoms with Crippen molar-refractivity contribution in [1.29, 1.82) is 0 Å². The Labute approximate surface area is 99.4 Å². The molecule has 0 saturated carbocycles. The molecule has 2 aromatic rings. The van der Waals surface area contributed by atoms with Crippen LogP contribution in [0.4, 0.5) is 0 Å². The summed E-state index contributed by atoms with van der Waals surface area (Å²) in [5, 5.41) is 11.6. The molecule has 1 aromatic carbocycles. The minimum Gasteiger partial charge on any atom is -0.485 e. The van der Waals surface area contributed by atoms with Crippen molar-refractivity contribution in [3.8, 4) is 5.75 Å². The number of benzene rings is 1. The van der Waals surface area contributed by atoms with Gasteiger partial charge in [0.25, 0.3) is 0 Å². The third-order valence-corrected chi connectivity index (χ3v) is 2.29. The molecule has 0 bridgehead atoms. The molecule has 0 aliphatic heterocycles. The molecule has 0 saturated heterocycles. The molecule has 1 heterocycles. The van der Waals surface area contributed by atoms with Crippen molar-refractivity contribution in [3.05, 3.63) is 35.7 Å². The van der Waals surface area contributed by atoms with Gasteiger partial charge in [-0.05, 0) is 29.8 Å². The van der Waals surface area contributed by atoms with Gasteiger partial charge in [0, 0.05) is 0 Å². The van der Waals surface area contributed by atoms with E-state index in [1.807, 2.05) is 24.3 Å². The second-order valence-corrected chi connectivity index (χ2v) is 3.63. The van der Waals surface area contributed by atoms with Crippen molar-refractivity contribution in [3.63, 3.8) is 0 Å². The average molecular weight is 233 g/mol. The fraction of sp³-hybridized carbons (Fsp3) is 0.364. The molecular formula is C11H15N5O. The second kappa shape index (κ2) is 5.40. The maximum absolute atomic E-state index is 5.66. The summed E-state index contributed by atoms with van der Waals surface area (Å²) in [6.07, 6.45) is 0.796. The highest BCUT2D eigenvalue weighted by atomic mass is 16.5. The Morgan fingerprint density at radius 1 is 1.35 bits per heavy atom. The molecule has 0 radical (unpaired) electrons. The van der Waals surface area contributed by atoms with Gasteiger partial charge in [0.1, 0.15) is 5.75 Å². The van der Waals surface area contributed by atoms with Crippen LogP contribution in [0.5, 0.6) is 5.75 Å². The normalized spacial score (nSPS) is 10.5. The molecule has 0 aliphatic rings. The molecule has 0 spiro atoms. The average Bonchev–Trinajstić information content (AvgIpc) is 2.74. The van der Waals surface area contributed by atoms with E-state index in [9.17, 15) is 0 Å². The van der Waals surface area contributed by atoms with Crippen LogP contribution in [0.3, 0.4) is 0 Å². The smallest absolute Gasteiger partial charge is 0.212 e. The monoisotopic (exact) mass is 233 g/mol. The molecule has 90 valence electrons. The standard InChI is InChI=1S/C11H15N5O/c1-16-14-11(13-15-16)8-17-10-5-3-2-4-9(10)6-7-12/h2-5H,6-8,12H2,1H3. The van der Waals surface area contributed by atoms with Crippen LogP contribution in [0.25, 0.3) is 0 Å². The van der Waals surface area contributed by atoms with Crippen LogP contribution in [0, 0.1) is 0 Å². The summed E-state index contributed by atoms with van der Waals surface area (Å²) >= 11 is 0. The SMILES string of the molecule is Cn1nnc(COc2ccccc2CCN)n1. The number of tetrazole rings is 1. The first kappa shape index (κ1) is 11.5. The summed E-state index contributed by atoms with van der Waals surface area (Å²) < 4.78 is 5.66. The van der Waals surface area contributed by atoms with Gasteiger partial charge in [-0.3, -0.25) is 0 Å². The van der Waals surface area contributed by atoms with Gasteiger partial charge in [0.15, 0.2) is 6.61 Å². The fourth-order valence-corrected chi connectivity index (χ4v) is 1.53. The Morgan fingerprint density at radius 2 is 2.18 bits per heavy atom. The lowest BCUT2D eigenvalue weighted by Crippen LogP contribution is -2.06. The minimum absolute atomic E-state index is 0.315. The van der Waals surface area contributed by atoms with Crippen LogP contribution in [0.15, 0.2) is 24.3 Å². The summed E-state index contributed by atoms with van der Waals surface area (Å²) in [5.74, 6) is 1.39. The number of aromatic nitrogens is 4. The Hall–Kier alpha value is -1.95. The molecule has 0 unspecified atom stereocenters. The van der Waals surface area contributed by atoms with Gasteiger partial charge in [0.05, 0.1) is 7.05 Å². The van der Waals surface area contributed by atoms with Crippen LogP contribution in [0.1, 0.15) is 11.4 Å². The maximum Gasteiger partial charge on any atom is 0.212 e. The zero-order chi connectivity index (χ0) is 12.1. The lowest BCUT2D eigenvalue weighted by Gasteiger charge is -2.08. The molecule has 0 aliphatic carbocycles. The Bertz CT molecular complexity index is 482. The van der Waals surface area contributed by atoms with E-state index in [0.717, 1.165) is 17.7 Å². The molecule has 1 aromatic heterocycles. The Balaban J connectivity index is 2.03. The summed E-state index contributed by atoms with van der Waals surface area (Å²) in [6, 6.07) is 7.82. The van der Waals surface area contributed by atoms with E-state index in [1.54, 1.807) is 7.05 Å². The van der Waals surface area contributed by atoms with Gasteiger partial charge in [-0.2, -0.15) is 4.80 Å². The number of nitrogens with two attached hydrogens (primary N) is 1. The van der Waals surface area contributed by atoms with Crippen LogP contribution < -0.4 is 10.5 Å². The number of aryl methyl sites for hydroxylation is 1. The number of hydrogen-bond acceptors (Lipinski definition) is 5. The van der Waals surface area contributed by atoms with Gasteiger partial charge < -0.3 is 10.5 Å². The van der Waals surface area contributed by atoms with Crippen LogP contribution in [-0.2, 0) is 20.1 Å². The van der Waals surface area contributed by atoms with E-state index in [-0.39, 0.29) is 0 Å². The maximum atomic E-state index is 5.66. The molecular weight excluding hydrogens is 218 g/mol. The summed E-state index contributed by atoms with van der Waals surface area (Å²) in [6.45, 7) is 0.916. The van der Waals surface area contributed by atoms with E-state index in [0.29, 0.717) is 19.0 Å². The first-order chi connectivity index (χ1) is 8.29. The molecule has 2 N–H and O–H groups in total. The molecule has 0 fully saturated rings. The predicted molar refractivity (Wildman–Crippen MR) is 62.3 cm³/mol. The van der Waals surface area contributed by atoms with Crippen molar-refractivity contribution in [2.45, 2.75) is 13.0 Å². The minimum atomic E-state index is 0.315. The fourth-order valence-electron chi connectivity index (χ4n) is 1.53. The topological polar surface area (TPSA) is 78.8 Å². The largest absolute Gasteiger partial charge is 0.485 e. The van der Waals surface area contributed by atoms with E-state index >= 15 is 0 Å². The van der Waals surface area contributed by atoms with Crippen LogP contribution in [0.2, 0.25) is 0 Å². The van der Waals surface area contributed by atoms with E-state index < -0.39 is 0 Å². The highest BCUT2D eigenvalue weighted by Gasteiger charge is 2.05. The van der Waals surface area contributed by atoms with E-state index in [2.05, 4.69) is 15.4 Å². The molecule has 0 amide bonds. The van der Waals surface area contributed by atoms with Crippen molar-refractivity contribution >= 4 is 0 Å². The number of ether oxygens (including phenoxy) is 1. The lowest BCUT2D eigenvalue weighted by atomic mass is 10.1. The molecule has 17 heavy (non-hydrogen) atoms. The number of para-hydroxylation sites is 1. The highest BCUT2D eigenvalue weighted by Crippen LogP contribution is 2.18. The van der Waals surface area contributed by atoms with Crippen molar-refractivity contribution in [1.82, 2.24) is 20.2 Å². The molecule has 6 heteroatoms. The zero-order valence-corrected chi connectivity index (χ0v) is 9.71. The summed E-state index contributed by atoms with van der Waals surface area (Å²) in [4.78, 5) is 1.41.